The van der Waals surface area contributed by atoms with Crippen LogP contribution in [0.5, 0.6) is 0 Å². The van der Waals surface area contributed by atoms with Crippen LogP contribution >= 0.6 is 11.6 Å². The van der Waals surface area contributed by atoms with E-state index in [0.29, 0.717) is 16.4 Å². The average molecular weight is 297 g/mol. The summed E-state index contributed by atoms with van der Waals surface area (Å²) in [6.45, 7) is 0. The molecule has 0 saturated carbocycles. The van der Waals surface area contributed by atoms with Crippen LogP contribution < -0.4 is 11.1 Å². The summed E-state index contributed by atoms with van der Waals surface area (Å²) in [7, 11) is 0. The lowest BCUT2D eigenvalue weighted by Crippen LogP contribution is -2.15. The van der Waals surface area contributed by atoms with Crippen LogP contribution in [-0.2, 0) is 11.2 Å². The number of amides is 1. The second kappa shape index (κ2) is 5.88. The topological polar surface area (TPSA) is 55.1 Å². The molecule has 20 heavy (non-hydrogen) atoms. The van der Waals surface area contributed by atoms with Gasteiger partial charge in [-0.15, -0.1) is 0 Å². The van der Waals surface area contributed by atoms with E-state index in [4.69, 9.17) is 17.3 Å². The molecule has 2 aromatic rings. The number of carbonyl (C=O) groups excluding carboxylic acids is 1. The molecule has 2 rings (SSSR count). The molecule has 0 unspecified atom stereocenters. The summed E-state index contributed by atoms with van der Waals surface area (Å²) in [5.41, 5.74) is 6.52. The molecule has 2 aromatic carbocycles. The maximum Gasteiger partial charge on any atom is 0.228 e. The Balaban J connectivity index is 2.07. The largest absolute Gasteiger partial charge is 0.398 e. The second-order valence-electron chi connectivity index (χ2n) is 4.20. The summed E-state index contributed by atoms with van der Waals surface area (Å²) in [5.74, 6) is -1.87. The fraction of sp³-hybridized carbons (Fsp3) is 0.0714. The zero-order chi connectivity index (χ0) is 14.7. The molecule has 0 atom stereocenters. The van der Waals surface area contributed by atoms with E-state index in [1.165, 1.54) is 12.1 Å². The fourth-order valence-electron chi connectivity index (χ4n) is 1.65. The molecule has 0 bridgehead atoms. The Morgan fingerprint density at radius 2 is 1.95 bits per heavy atom. The van der Waals surface area contributed by atoms with Crippen molar-refractivity contribution in [3.8, 4) is 0 Å². The van der Waals surface area contributed by atoms with Gasteiger partial charge in [0.25, 0.3) is 0 Å². The standard InChI is InChI=1S/C14H11ClF2N2O/c15-11-7-10(3-4-13(11)18)19-14(20)5-8-1-2-9(16)6-12(8)17/h1-4,6-7H,5,18H2,(H,19,20). The minimum absolute atomic E-state index is 0.116. The lowest BCUT2D eigenvalue weighted by atomic mass is 10.1. The Bertz CT molecular complexity index is 662. The molecule has 0 aliphatic carbocycles. The number of hydrogen-bond donors (Lipinski definition) is 2. The van der Waals surface area contributed by atoms with Crippen LogP contribution in [0.1, 0.15) is 5.56 Å². The number of halogens is 3. The van der Waals surface area contributed by atoms with Gasteiger partial charge in [0.15, 0.2) is 0 Å². The normalized spacial score (nSPS) is 10.3. The lowest BCUT2D eigenvalue weighted by Gasteiger charge is -2.07. The Labute approximate surface area is 119 Å². The molecular formula is C14H11ClF2N2O. The maximum absolute atomic E-state index is 13.4. The van der Waals surface area contributed by atoms with E-state index in [-0.39, 0.29) is 12.0 Å². The molecule has 3 nitrogen and oxygen atoms in total. The molecule has 0 radical (unpaired) electrons. The van der Waals surface area contributed by atoms with E-state index in [2.05, 4.69) is 5.32 Å². The van der Waals surface area contributed by atoms with Gasteiger partial charge in [-0.2, -0.15) is 0 Å². The van der Waals surface area contributed by atoms with Crippen molar-refractivity contribution in [1.82, 2.24) is 0 Å². The van der Waals surface area contributed by atoms with Crippen molar-refractivity contribution in [2.45, 2.75) is 6.42 Å². The van der Waals surface area contributed by atoms with Crippen molar-refractivity contribution in [3.05, 3.63) is 58.6 Å². The molecule has 0 aromatic heterocycles. The molecule has 3 N–H and O–H groups in total. The van der Waals surface area contributed by atoms with Gasteiger partial charge in [-0.3, -0.25) is 4.79 Å². The molecule has 0 aliphatic rings. The van der Waals surface area contributed by atoms with Crippen LogP contribution in [0.3, 0.4) is 0 Å². The zero-order valence-electron chi connectivity index (χ0n) is 10.3. The van der Waals surface area contributed by atoms with Gasteiger partial charge in [-0.05, 0) is 29.8 Å². The van der Waals surface area contributed by atoms with Crippen LogP contribution in [-0.4, -0.2) is 5.91 Å². The first-order valence-corrected chi connectivity index (χ1v) is 6.12. The van der Waals surface area contributed by atoms with Gasteiger partial charge >= 0.3 is 0 Å². The highest BCUT2D eigenvalue weighted by atomic mass is 35.5. The number of nitrogen functional groups attached to an aromatic ring is 1. The molecule has 0 fully saturated rings. The van der Waals surface area contributed by atoms with Gasteiger partial charge in [0.05, 0.1) is 17.1 Å². The van der Waals surface area contributed by atoms with Crippen molar-refractivity contribution >= 4 is 28.9 Å². The highest BCUT2D eigenvalue weighted by molar-refractivity contribution is 6.33. The number of nitrogens with one attached hydrogen (secondary N) is 1. The molecule has 0 aliphatic heterocycles. The van der Waals surface area contributed by atoms with Crippen molar-refractivity contribution in [2.75, 3.05) is 11.1 Å². The average Bonchev–Trinajstić information content (AvgIpc) is 2.37. The summed E-state index contributed by atoms with van der Waals surface area (Å²) < 4.78 is 26.2. The van der Waals surface area contributed by atoms with Crippen molar-refractivity contribution in [1.29, 1.82) is 0 Å². The van der Waals surface area contributed by atoms with E-state index in [1.807, 2.05) is 0 Å². The van der Waals surface area contributed by atoms with Crippen LogP contribution in [0.4, 0.5) is 20.2 Å². The van der Waals surface area contributed by atoms with Crippen molar-refractivity contribution in [2.24, 2.45) is 0 Å². The minimum Gasteiger partial charge on any atom is -0.398 e. The Hall–Kier alpha value is -2.14. The summed E-state index contributed by atoms with van der Waals surface area (Å²) >= 11 is 5.82. The summed E-state index contributed by atoms with van der Waals surface area (Å²) in [4.78, 5) is 11.8. The minimum atomic E-state index is -0.754. The monoisotopic (exact) mass is 296 g/mol. The molecule has 0 spiro atoms. The van der Waals surface area contributed by atoms with Gasteiger partial charge in [-0.25, -0.2) is 8.78 Å². The number of benzene rings is 2. The van der Waals surface area contributed by atoms with Gasteiger partial charge in [-0.1, -0.05) is 17.7 Å². The lowest BCUT2D eigenvalue weighted by molar-refractivity contribution is -0.115. The third-order valence-corrected chi connectivity index (χ3v) is 2.98. The summed E-state index contributed by atoms with van der Waals surface area (Å²) in [6, 6.07) is 7.71. The molecule has 104 valence electrons. The number of hydrogen-bond acceptors (Lipinski definition) is 2. The van der Waals surface area contributed by atoms with Crippen LogP contribution in [0, 0.1) is 11.6 Å². The van der Waals surface area contributed by atoms with E-state index in [1.54, 1.807) is 12.1 Å². The first-order valence-electron chi connectivity index (χ1n) is 5.74. The molecular weight excluding hydrogens is 286 g/mol. The summed E-state index contributed by atoms with van der Waals surface area (Å²) in [5, 5.41) is 2.88. The third-order valence-electron chi connectivity index (χ3n) is 2.65. The second-order valence-corrected chi connectivity index (χ2v) is 4.60. The van der Waals surface area contributed by atoms with E-state index in [0.717, 1.165) is 12.1 Å². The van der Waals surface area contributed by atoms with Gasteiger partial charge < -0.3 is 11.1 Å². The van der Waals surface area contributed by atoms with Crippen LogP contribution in [0.25, 0.3) is 0 Å². The number of rotatable bonds is 3. The smallest absolute Gasteiger partial charge is 0.228 e. The molecule has 1 amide bonds. The predicted molar refractivity (Wildman–Crippen MR) is 74.6 cm³/mol. The fourth-order valence-corrected chi connectivity index (χ4v) is 1.83. The van der Waals surface area contributed by atoms with Gasteiger partial charge in [0.2, 0.25) is 5.91 Å². The Morgan fingerprint density at radius 3 is 2.60 bits per heavy atom. The quantitative estimate of drug-likeness (QED) is 0.853. The first kappa shape index (κ1) is 14.3. The highest BCUT2D eigenvalue weighted by Gasteiger charge is 2.10. The van der Waals surface area contributed by atoms with E-state index < -0.39 is 17.5 Å². The number of anilines is 2. The Morgan fingerprint density at radius 1 is 1.20 bits per heavy atom. The van der Waals surface area contributed by atoms with Crippen molar-refractivity contribution in [3.63, 3.8) is 0 Å². The Kier molecular flexibility index (Phi) is 4.20. The van der Waals surface area contributed by atoms with Crippen LogP contribution in [0.15, 0.2) is 36.4 Å². The van der Waals surface area contributed by atoms with Crippen LogP contribution in [0.2, 0.25) is 5.02 Å². The highest BCUT2D eigenvalue weighted by Crippen LogP contribution is 2.22. The predicted octanol–water partition coefficient (Wildman–Crippen LogP) is 3.38. The maximum atomic E-state index is 13.4. The molecule has 0 saturated heterocycles. The SMILES string of the molecule is Nc1ccc(NC(=O)Cc2ccc(F)cc2F)cc1Cl. The van der Waals surface area contributed by atoms with E-state index in [9.17, 15) is 13.6 Å². The molecule has 6 heteroatoms. The molecule has 0 heterocycles. The summed E-state index contributed by atoms with van der Waals surface area (Å²) in [6.07, 6.45) is -0.200. The number of nitrogens with two attached hydrogens (primary N) is 1. The van der Waals surface area contributed by atoms with E-state index >= 15 is 0 Å². The number of carbonyl (C=O) groups is 1. The van der Waals surface area contributed by atoms with Gasteiger partial charge in [0, 0.05) is 11.8 Å². The first-order chi connectivity index (χ1) is 9.45. The van der Waals surface area contributed by atoms with Gasteiger partial charge in [0.1, 0.15) is 11.6 Å². The zero-order valence-corrected chi connectivity index (χ0v) is 11.0. The van der Waals surface area contributed by atoms with Crippen molar-refractivity contribution < 1.29 is 13.6 Å². The third kappa shape index (κ3) is 3.45.